The minimum Gasteiger partial charge on any atom is -0.603 e. The largest absolute Gasteiger partial charge is 0.603 e. The van der Waals surface area contributed by atoms with Gasteiger partial charge in [0.1, 0.15) is 17.5 Å². The zero-order valence-electron chi connectivity index (χ0n) is 10.2. The van der Waals surface area contributed by atoms with Crippen LogP contribution < -0.4 is 0 Å². The molecule has 0 saturated heterocycles. The molecule has 11 heteroatoms. The summed E-state index contributed by atoms with van der Waals surface area (Å²) >= 11 is 2.37. The van der Waals surface area contributed by atoms with Gasteiger partial charge in [-0.15, -0.1) is 13.2 Å². The second-order valence-electron chi connectivity index (χ2n) is 4.00. The van der Waals surface area contributed by atoms with Gasteiger partial charge in [0.15, 0.2) is 0 Å². The first-order valence-corrected chi connectivity index (χ1v) is 6.92. The van der Waals surface area contributed by atoms with Crippen molar-refractivity contribution in [1.29, 1.82) is 0 Å². The summed E-state index contributed by atoms with van der Waals surface area (Å²) in [5.74, 6) is 0. The molecule has 0 aliphatic carbocycles. The van der Waals surface area contributed by atoms with Gasteiger partial charge in [-0.3, -0.25) is 4.57 Å². The molecule has 0 bridgehead atoms. The maximum Gasteiger partial charge on any atom is 0.579 e. The molecular weight excluding hydrogens is 358 g/mol. The molecule has 0 aliphatic heterocycles. The molecule has 0 spiro atoms. The lowest BCUT2D eigenvalue weighted by atomic mass is 10.2. The van der Waals surface area contributed by atoms with E-state index in [-0.39, 0.29) is 10.7 Å². The third-order valence-corrected chi connectivity index (χ3v) is 3.83. The van der Waals surface area contributed by atoms with Crippen molar-refractivity contribution in [2.75, 3.05) is 0 Å². The van der Waals surface area contributed by atoms with Crippen LogP contribution in [-0.4, -0.2) is 19.6 Å². The molecule has 120 valence electrons. The molecule has 2 aromatic rings. The maximum atomic E-state index is 12.5. The molecule has 0 aliphatic rings. The van der Waals surface area contributed by atoms with Crippen LogP contribution in [0.4, 0.5) is 26.3 Å². The molecule has 0 amide bonds. The van der Waals surface area contributed by atoms with Crippen LogP contribution in [-0.2, 0) is 17.4 Å². The van der Waals surface area contributed by atoms with Gasteiger partial charge in [0, 0.05) is 0 Å². The van der Waals surface area contributed by atoms with E-state index < -0.39 is 33.4 Å². The van der Waals surface area contributed by atoms with Crippen molar-refractivity contribution >= 4 is 22.8 Å². The standard InChI is InChI=1S/C11H5ClF6N2OS/c12-7-3-6(10(13,14)15)1-2-8(7)20-4-9(19-5-20)22(21)11(16,17)18/h1-5H. The summed E-state index contributed by atoms with van der Waals surface area (Å²) in [5.41, 5.74) is -6.00. The Bertz CT molecular complexity index is 684. The summed E-state index contributed by atoms with van der Waals surface area (Å²) < 4.78 is 86.5. The van der Waals surface area contributed by atoms with Crippen molar-refractivity contribution in [3.63, 3.8) is 0 Å². The molecule has 1 aromatic carbocycles. The molecule has 0 fully saturated rings. The predicted molar refractivity (Wildman–Crippen MR) is 66.0 cm³/mol. The Hall–Kier alpha value is -1.39. The summed E-state index contributed by atoms with van der Waals surface area (Å²) in [6, 6.07) is 2.34. The number of rotatable bonds is 2. The molecule has 1 unspecified atom stereocenters. The van der Waals surface area contributed by atoms with Gasteiger partial charge in [-0.25, -0.2) is 0 Å². The zero-order valence-corrected chi connectivity index (χ0v) is 11.8. The van der Waals surface area contributed by atoms with Crippen LogP contribution in [0.2, 0.25) is 5.02 Å². The molecule has 0 saturated carbocycles. The smallest absolute Gasteiger partial charge is 0.579 e. The van der Waals surface area contributed by atoms with Crippen molar-refractivity contribution < 1.29 is 30.9 Å². The molecule has 1 atom stereocenters. The van der Waals surface area contributed by atoms with Crippen LogP contribution in [0.25, 0.3) is 5.69 Å². The Balaban J connectivity index is 2.36. The summed E-state index contributed by atoms with van der Waals surface area (Å²) in [6.45, 7) is 0. The molecule has 0 N–H and O–H groups in total. The van der Waals surface area contributed by atoms with E-state index in [0.717, 1.165) is 29.2 Å². The van der Waals surface area contributed by atoms with E-state index in [1.165, 1.54) is 0 Å². The highest BCUT2D eigenvalue weighted by Crippen LogP contribution is 2.34. The number of alkyl halides is 6. The van der Waals surface area contributed by atoms with Crippen molar-refractivity contribution in [3.8, 4) is 5.69 Å². The first kappa shape index (κ1) is 17.0. The van der Waals surface area contributed by atoms with Crippen LogP contribution in [0.5, 0.6) is 0 Å². The van der Waals surface area contributed by atoms with Gasteiger partial charge in [0.2, 0.25) is 0 Å². The molecule has 1 heterocycles. The van der Waals surface area contributed by atoms with Crippen LogP contribution in [0.3, 0.4) is 0 Å². The number of aromatic nitrogens is 2. The van der Waals surface area contributed by atoms with Gasteiger partial charge in [-0.2, -0.15) is 18.2 Å². The van der Waals surface area contributed by atoms with E-state index in [4.69, 9.17) is 11.6 Å². The van der Waals surface area contributed by atoms with Gasteiger partial charge in [-0.1, -0.05) is 11.6 Å². The molecule has 1 aromatic heterocycles. The number of hydrogen-bond acceptors (Lipinski definition) is 2. The van der Waals surface area contributed by atoms with E-state index in [1.54, 1.807) is 0 Å². The van der Waals surface area contributed by atoms with E-state index in [0.29, 0.717) is 6.07 Å². The monoisotopic (exact) mass is 362 g/mol. The summed E-state index contributed by atoms with van der Waals surface area (Å²) in [7, 11) is 0. The lowest BCUT2D eigenvalue weighted by Crippen LogP contribution is -2.23. The van der Waals surface area contributed by atoms with E-state index in [2.05, 4.69) is 4.98 Å². The number of hydrogen-bond donors (Lipinski definition) is 0. The Morgan fingerprint density at radius 3 is 2.27 bits per heavy atom. The third-order valence-electron chi connectivity index (χ3n) is 2.51. The zero-order chi connectivity index (χ0) is 16.7. The number of nitrogens with zero attached hydrogens (tertiary/aromatic N) is 2. The highest BCUT2D eigenvalue weighted by molar-refractivity contribution is 7.92. The highest BCUT2D eigenvalue weighted by atomic mass is 35.5. The number of halogens is 7. The number of imidazole rings is 1. The highest BCUT2D eigenvalue weighted by Gasteiger charge is 2.47. The first-order valence-electron chi connectivity index (χ1n) is 5.40. The summed E-state index contributed by atoms with van der Waals surface area (Å²) in [6.07, 6.45) is -2.93. The Morgan fingerprint density at radius 1 is 1.14 bits per heavy atom. The lowest BCUT2D eigenvalue weighted by molar-refractivity contribution is -0.137. The van der Waals surface area contributed by atoms with Gasteiger partial charge in [0.05, 0.1) is 22.5 Å². The fourth-order valence-electron chi connectivity index (χ4n) is 1.54. The van der Waals surface area contributed by atoms with Gasteiger partial charge >= 0.3 is 11.7 Å². The summed E-state index contributed by atoms with van der Waals surface area (Å²) in [4.78, 5) is 3.33. The van der Waals surface area contributed by atoms with Gasteiger partial charge in [-0.05, 0) is 18.2 Å². The molecule has 3 nitrogen and oxygen atoms in total. The van der Waals surface area contributed by atoms with Crippen LogP contribution in [0, 0.1) is 0 Å². The van der Waals surface area contributed by atoms with E-state index in [1.807, 2.05) is 0 Å². The van der Waals surface area contributed by atoms with Gasteiger partial charge in [0.25, 0.3) is 5.03 Å². The van der Waals surface area contributed by atoms with E-state index in [9.17, 15) is 30.9 Å². The fraction of sp³-hybridized carbons (Fsp3) is 0.182. The molecule has 0 radical (unpaired) electrons. The minimum atomic E-state index is -4.98. The SMILES string of the molecule is [O-][S+](c1cn(-c2ccc(C(F)(F)F)cc2Cl)cn1)C(F)(F)F. The van der Waals surface area contributed by atoms with Gasteiger partial charge < -0.3 is 4.55 Å². The fourth-order valence-corrected chi connectivity index (χ4v) is 2.41. The average Bonchev–Trinajstić information content (AvgIpc) is 2.84. The number of benzene rings is 1. The predicted octanol–water partition coefficient (Wildman–Crippen LogP) is 4.17. The maximum absolute atomic E-state index is 12.5. The van der Waals surface area contributed by atoms with Crippen LogP contribution in [0.1, 0.15) is 5.56 Å². The second-order valence-corrected chi connectivity index (χ2v) is 5.82. The minimum absolute atomic E-state index is 0.0207. The van der Waals surface area contributed by atoms with Crippen molar-refractivity contribution in [2.24, 2.45) is 0 Å². The normalized spacial score (nSPS) is 14.2. The van der Waals surface area contributed by atoms with Crippen LogP contribution in [0.15, 0.2) is 35.7 Å². The second kappa shape index (κ2) is 5.67. The van der Waals surface area contributed by atoms with E-state index >= 15 is 0 Å². The van der Waals surface area contributed by atoms with Crippen molar-refractivity contribution in [2.45, 2.75) is 16.7 Å². The lowest BCUT2D eigenvalue weighted by Gasteiger charge is -2.10. The Morgan fingerprint density at radius 2 is 1.77 bits per heavy atom. The molecule has 22 heavy (non-hydrogen) atoms. The Kier molecular flexibility index (Phi) is 4.37. The van der Waals surface area contributed by atoms with Crippen LogP contribution >= 0.6 is 11.6 Å². The summed E-state index contributed by atoms with van der Waals surface area (Å²) in [5, 5.41) is -1.11. The quantitative estimate of drug-likeness (QED) is 0.594. The average molecular weight is 363 g/mol. The Labute approximate surface area is 127 Å². The van der Waals surface area contributed by atoms with Crippen molar-refractivity contribution in [1.82, 2.24) is 9.55 Å². The van der Waals surface area contributed by atoms with Crippen molar-refractivity contribution in [3.05, 3.63) is 41.3 Å². The third kappa shape index (κ3) is 3.50. The topological polar surface area (TPSA) is 40.9 Å². The first-order chi connectivity index (χ1) is 10.00. The molecular formula is C11H5ClF6N2OS. The molecule has 2 rings (SSSR count).